The first-order valence-electron chi connectivity index (χ1n) is 6.53. The molecule has 1 N–H and O–H groups in total. The summed E-state index contributed by atoms with van der Waals surface area (Å²) in [6.45, 7) is 1.97. The highest BCUT2D eigenvalue weighted by atomic mass is 32.1. The molecule has 1 fully saturated rings. The van der Waals surface area contributed by atoms with Crippen LogP contribution in [0.3, 0.4) is 0 Å². The molecule has 1 aromatic heterocycles. The van der Waals surface area contributed by atoms with Crippen molar-refractivity contribution in [2.75, 3.05) is 0 Å². The van der Waals surface area contributed by atoms with E-state index in [2.05, 4.69) is 10.3 Å². The molecule has 0 spiro atoms. The first kappa shape index (κ1) is 12.4. The van der Waals surface area contributed by atoms with E-state index in [4.69, 9.17) is 0 Å². The smallest absolute Gasteiger partial charge is 0.225 e. The van der Waals surface area contributed by atoms with Crippen LogP contribution in [0.25, 0.3) is 10.6 Å². The molecule has 0 unspecified atom stereocenters. The number of thiazole rings is 1. The number of carbonyl (C=O) groups is 1. The van der Waals surface area contributed by atoms with Crippen molar-refractivity contribution in [3.63, 3.8) is 0 Å². The molecule has 1 saturated carbocycles. The van der Waals surface area contributed by atoms with Crippen molar-refractivity contribution in [1.29, 1.82) is 0 Å². The number of nitrogens with one attached hydrogen (secondary N) is 1. The molecule has 1 aromatic carbocycles. The molecule has 0 atom stereocenters. The molecule has 3 nitrogen and oxygen atoms in total. The molecular formula is C15H16N2OS. The van der Waals surface area contributed by atoms with Gasteiger partial charge in [0.15, 0.2) is 0 Å². The van der Waals surface area contributed by atoms with Gasteiger partial charge in [0.05, 0.1) is 12.1 Å². The van der Waals surface area contributed by atoms with Gasteiger partial charge < -0.3 is 5.32 Å². The van der Waals surface area contributed by atoms with E-state index in [1.54, 1.807) is 11.3 Å². The first-order chi connectivity index (χ1) is 9.22. The van der Waals surface area contributed by atoms with Crippen molar-refractivity contribution in [3.05, 3.63) is 40.9 Å². The van der Waals surface area contributed by atoms with Crippen molar-refractivity contribution in [2.45, 2.75) is 32.2 Å². The van der Waals surface area contributed by atoms with Crippen LogP contribution in [0.1, 0.15) is 23.4 Å². The minimum Gasteiger partial charge on any atom is -0.353 e. The Bertz CT molecular complexity index is 587. The van der Waals surface area contributed by atoms with Gasteiger partial charge in [0, 0.05) is 16.5 Å². The Hall–Kier alpha value is -1.68. The lowest BCUT2D eigenvalue weighted by Gasteiger charge is -2.01. The number of aryl methyl sites for hydroxylation is 1. The lowest BCUT2D eigenvalue weighted by molar-refractivity contribution is -0.120. The number of hydrogen-bond donors (Lipinski definition) is 1. The van der Waals surface area contributed by atoms with Gasteiger partial charge in [-0.05, 0) is 19.8 Å². The van der Waals surface area contributed by atoms with E-state index in [0.29, 0.717) is 12.5 Å². The van der Waals surface area contributed by atoms with Gasteiger partial charge in [0.2, 0.25) is 5.91 Å². The fraction of sp³-hybridized carbons (Fsp3) is 0.333. The van der Waals surface area contributed by atoms with Crippen LogP contribution >= 0.6 is 11.3 Å². The Kier molecular flexibility index (Phi) is 3.34. The minimum atomic E-state index is 0.119. The van der Waals surface area contributed by atoms with E-state index in [0.717, 1.165) is 34.0 Å². The lowest BCUT2D eigenvalue weighted by atomic mass is 10.2. The summed E-state index contributed by atoms with van der Waals surface area (Å²) in [6.07, 6.45) is 2.71. The summed E-state index contributed by atoms with van der Waals surface area (Å²) in [5.74, 6) is 0.119. The molecule has 0 radical (unpaired) electrons. The Morgan fingerprint density at radius 2 is 2.11 bits per heavy atom. The maximum absolute atomic E-state index is 11.8. The highest BCUT2D eigenvalue weighted by Gasteiger charge is 2.23. The van der Waals surface area contributed by atoms with Crippen LogP contribution in [-0.4, -0.2) is 16.9 Å². The van der Waals surface area contributed by atoms with Gasteiger partial charge in [-0.2, -0.15) is 0 Å². The molecule has 0 aliphatic heterocycles. The summed E-state index contributed by atoms with van der Waals surface area (Å²) < 4.78 is 0. The molecular weight excluding hydrogens is 256 g/mol. The van der Waals surface area contributed by atoms with Crippen LogP contribution in [0.4, 0.5) is 0 Å². The number of amides is 1. The van der Waals surface area contributed by atoms with Gasteiger partial charge in [0.1, 0.15) is 5.01 Å². The molecule has 1 heterocycles. The number of aromatic nitrogens is 1. The van der Waals surface area contributed by atoms with E-state index in [1.807, 2.05) is 37.3 Å². The molecule has 2 aromatic rings. The normalized spacial score (nSPS) is 14.4. The van der Waals surface area contributed by atoms with Crippen molar-refractivity contribution in [2.24, 2.45) is 0 Å². The molecule has 1 amide bonds. The quantitative estimate of drug-likeness (QED) is 0.929. The molecule has 0 bridgehead atoms. The van der Waals surface area contributed by atoms with E-state index >= 15 is 0 Å². The summed E-state index contributed by atoms with van der Waals surface area (Å²) in [5.41, 5.74) is 2.08. The molecule has 1 aliphatic carbocycles. The Morgan fingerprint density at radius 1 is 1.37 bits per heavy atom. The zero-order valence-corrected chi connectivity index (χ0v) is 11.7. The number of nitrogens with zero attached hydrogens (tertiary/aromatic N) is 1. The van der Waals surface area contributed by atoms with Crippen LogP contribution in [0.5, 0.6) is 0 Å². The zero-order valence-electron chi connectivity index (χ0n) is 10.8. The average molecular weight is 272 g/mol. The molecule has 4 heteroatoms. The van der Waals surface area contributed by atoms with Crippen LogP contribution in [0, 0.1) is 6.92 Å². The van der Waals surface area contributed by atoms with Crippen molar-refractivity contribution in [1.82, 2.24) is 10.3 Å². The van der Waals surface area contributed by atoms with Crippen LogP contribution in [0.15, 0.2) is 30.3 Å². The van der Waals surface area contributed by atoms with Gasteiger partial charge in [0.25, 0.3) is 0 Å². The van der Waals surface area contributed by atoms with Crippen LogP contribution < -0.4 is 5.32 Å². The topological polar surface area (TPSA) is 42.0 Å². The van der Waals surface area contributed by atoms with Crippen molar-refractivity contribution in [3.8, 4) is 10.6 Å². The molecule has 1 aliphatic rings. The third kappa shape index (κ3) is 3.01. The Morgan fingerprint density at radius 3 is 2.79 bits per heavy atom. The van der Waals surface area contributed by atoms with Gasteiger partial charge in [-0.1, -0.05) is 30.3 Å². The largest absolute Gasteiger partial charge is 0.353 e. The molecule has 0 saturated heterocycles. The second-order valence-corrected chi connectivity index (χ2v) is 6.00. The predicted molar refractivity (Wildman–Crippen MR) is 77.2 cm³/mol. The minimum absolute atomic E-state index is 0.119. The number of rotatable bonds is 4. The third-order valence-electron chi connectivity index (χ3n) is 3.18. The van der Waals surface area contributed by atoms with Crippen molar-refractivity contribution < 1.29 is 4.79 Å². The monoisotopic (exact) mass is 272 g/mol. The standard InChI is InChI=1S/C15H16N2OS/c1-10-13(9-14(18)17-12-7-8-12)19-15(16-10)11-5-3-2-4-6-11/h2-6,12H,7-9H2,1H3,(H,17,18). The summed E-state index contributed by atoms with van der Waals surface area (Å²) in [5, 5.41) is 4.01. The predicted octanol–water partition coefficient (Wildman–Crippen LogP) is 2.94. The number of carbonyl (C=O) groups excluding carboxylic acids is 1. The maximum atomic E-state index is 11.8. The highest BCUT2D eigenvalue weighted by Crippen LogP contribution is 2.28. The lowest BCUT2D eigenvalue weighted by Crippen LogP contribution is -2.26. The molecule has 19 heavy (non-hydrogen) atoms. The zero-order chi connectivity index (χ0) is 13.2. The highest BCUT2D eigenvalue weighted by molar-refractivity contribution is 7.15. The van der Waals surface area contributed by atoms with E-state index in [-0.39, 0.29) is 5.91 Å². The molecule has 3 rings (SSSR count). The van der Waals surface area contributed by atoms with E-state index in [9.17, 15) is 4.79 Å². The summed E-state index contributed by atoms with van der Waals surface area (Å²) >= 11 is 1.62. The fourth-order valence-corrected chi connectivity index (χ4v) is 3.01. The summed E-state index contributed by atoms with van der Waals surface area (Å²) in [6, 6.07) is 10.5. The van der Waals surface area contributed by atoms with Gasteiger partial charge in [-0.25, -0.2) is 4.98 Å². The van der Waals surface area contributed by atoms with Crippen LogP contribution in [-0.2, 0) is 11.2 Å². The molecule has 98 valence electrons. The second kappa shape index (κ2) is 5.13. The Balaban J connectivity index is 1.75. The van der Waals surface area contributed by atoms with Gasteiger partial charge >= 0.3 is 0 Å². The maximum Gasteiger partial charge on any atom is 0.225 e. The fourth-order valence-electron chi connectivity index (χ4n) is 1.95. The Labute approximate surface area is 116 Å². The van der Waals surface area contributed by atoms with Gasteiger partial charge in [-0.3, -0.25) is 4.79 Å². The van der Waals surface area contributed by atoms with E-state index in [1.165, 1.54) is 0 Å². The van der Waals surface area contributed by atoms with Crippen molar-refractivity contribution >= 4 is 17.2 Å². The second-order valence-electron chi connectivity index (χ2n) is 4.91. The summed E-state index contributed by atoms with van der Waals surface area (Å²) in [4.78, 5) is 17.5. The SMILES string of the molecule is Cc1nc(-c2ccccc2)sc1CC(=O)NC1CC1. The summed E-state index contributed by atoms with van der Waals surface area (Å²) in [7, 11) is 0. The average Bonchev–Trinajstić information content (AvgIpc) is 3.14. The number of benzene rings is 1. The number of hydrogen-bond acceptors (Lipinski definition) is 3. The van der Waals surface area contributed by atoms with E-state index < -0.39 is 0 Å². The third-order valence-corrected chi connectivity index (χ3v) is 4.38. The van der Waals surface area contributed by atoms with Crippen LogP contribution in [0.2, 0.25) is 0 Å². The van der Waals surface area contributed by atoms with Gasteiger partial charge in [-0.15, -0.1) is 11.3 Å². The first-order valence-corrected chi connectivity index (χ1v) is 7.35.